The van der Waals surface area contributed by atoms with Gasteiger partial charge in [-0.15, -0.1) is 0 Å². The van der Waals surface area contributed by atoms with Crippen molar-refractivity contribution in [3.05, 3.63) is 70.3 Å². The quantitative estimate of drug-likeness (QED) is 0.364. The van der Waals surface area contributed by atoms with Gasteiger partial charge in [-0.1, -0.05) is 38.1 Å². The van der Waals surface area contributed by atoms with E-state index >= 15 is 0 Å². The number of aliphatic hydroxyl groups is 1. The number of aryl methyl sites for hydroxylation is 1. The number of methoxy groups -OCH3 is 1. The molecule has 1 aliphatic heterocycles. The first kappa shape index (κ1) is 24.5. The number of hydrogen-bond acceptors (Lipinski definition) is 5. The minimum atomic E-state index is -0.649. The van der Waals surface area contributed by atoms with Crippen molar-refractivity contribution in [2.24, 2.45) is 0 Å². The van der Waals surface area contributed by atoms with E-state index < -0.39 is 17.7 Å². The molecule has 2 aromatic rings. The number of hydrogen-bond donors (Lipinski definition) is 1. The van der Waals surface area contributed by atoms with Gasteiger partial charge >= 0.3 is 0 Å². The molecule has 1 N–H and O–H groups in total. The summed E-state index contributed by atoms with van der Waals surface area (Å²) in [6, 6.07) is 12.6. The summed E-state index contributed by atoms with van der Waals surface area (Å²) < 4.78 is 5.31. The lowest BCUT2D eigenvalue weighted by Crippen LogP contribution is -2.32. The van der Waals surface area contributed by atoms with Crippen molar-refractivity contribution < 1.29 is 19.4 Å². The summed E-state index contributed by atoms with van der Waals surface area (Å²) in [5.41, 5.74) is 3.44. The van der Waals surface area contributed by atoms with Crippen LogP contribution in [0.15, 0.2) is 48.0 Å². The molecule has 6 nitrogen and oxygen atoms in total. The lowest BCUT2D eigenvalue weighted by molar-refractivity contribution is -0.139. The second kappa shape index (κ2) is 10.2. The van der Waals surface area contributed by atoms with Crippen LogP contribution >= 0.6 is 0 Å². The zero-order valence-corrected chi connectivity index (χ0v) is 20.4. The van der Waals surface area contributed by atoms with E-state index in [2.05, 4.69) is 13.8 Å². The van der Waals surface area contributed by atoms with Crippen LogP contribution in [0, 0.1) is 6.92 Å². The van der Waals surface area contributed by atoms with Crippen LogP contribution in [0.5, 0.6) is 5.75 Å². The number of carbonyl (C=O) groups is 2. The Labute approximate surface area is 196 Å². The molecule has 1 unspecified atom stereocenters. The maximum Gasteiger partial charge on any atom is 0.295 e. The maximum absolute atomic E-state index is 13.2. The van der Waals surface area contributed by atoms with Crippen LogP contribution in [-0.2, 0) is 9.59 Å². The van der Waals surface area contributed by atoms with Crippen LogP contribution in [0.25, 0.3) is 5.76 Å². The van der Waals surface area contributed by atoms with E-state index in [1.807, 2.05) is 50.2 Å². The molecule has 6 heteroatoms. The molecule has 0 bridgehead atoms. The Bertz CT molecular complexity index is 1050. The normalized spacial score (nSPS) is 17.9. The molecule has 1 atom stereocenters. The number of aliphatic hydroxyl groups excluding tert-OH is 1. The minimum Gasteiger partial charge on any atom is -0.507 e. The third-order valence-corrected chi connectivity index (χ3v) is 6.13. The Hall–Kier alpha value is -3.12. The van der Waals surface area contributed by atoms with E-state index in [4.69, 9.17) is 4.74 Å². The van der Waals surface area contributed by atoms with Gasteiger partial charge in [0.05, 0.1) is 18.7 Å². The summed E-state index contributed by atoms with van der Waals surface area (Å²) in [7, 11) is 5.53. The first-order chi connectivity index (χ1) is 15.6. The molecule has 0 spiro atoms. The van der Waals surface area contributed by atoms with Crippen molar-refractivity contribution in [2.45, 2.75) is 39.2 Å². The highest BCUT2D eigenvalue weighted by Gasteiger charge is 2.45. The summed E-state index contributed by atoms with van der Waals surface area (Å²) in [6.07, 6.45) is 0.724. The van der Waals surface area contributed by atoms with Crippen molar-refractivity contribution in [3.63, 3.8) is 0 Å². The van der Waals surface area contributed by atoms with Crippen LogP contribution in [0.2, 0.25) is 0 Å². The van der Waals surface area contributed by atoms with E-state index in [1.165, 1.54) is 5.56 Å². The fourth-order valence-electron chi connectivity index (χ4n) is 4.26. The van der Waals surface area contributed by atoms with Gasteiger partial charge in [-0.05, 0) is 74.8 Å². The number of ether oxygens (including phenoxy) is 1. The number of nitrogens with zero attached hydrogens (tertiary/aromatic N) is 2. The maximum atomic E-state index is 13.2. The molecule has 0 aliphatic carbocycles. The van der Waals surface area contributed by atoms with Gasteiger partial charge in [0.1, 0.15) is 11.5 Å². The molecule has 1 heterocycles. The number of rotatable bonds is 8. The van der Waals surface area contributed by atoms with E-state index in [0.717, 1.165) is 24.1 Å². The second-order valence-corrected chi connectivity index (χ2v) is 9.16. The van der Waals surface area contributed by atoms with Gasteiger partial charge in [0.2, 0.25) is 0 Å². The standard InChI is InChI=1S/C27H34N2O4/c1-17(2)19-8-10-20(11-9-19)24-23(25(30)21-12-13-22(33-6)18(3)16-21)26(31)27(32)29(24)15-7-14-28(4)5/h8-13,16-17,24,30H,7,14-15H2,1-6H3/b25-23-. The second-order valence-electron chi connectivity index (χ2n) is 9.16. The highest BCUT2D eigenvalue weighted by Crippen LogP contribution is 2.40. The Morgan fingerprint density at radius 3 is 2.33 bits per heavy atom. The fraction of sp³-hybridized carbons (Fsp3) is 0.407. The van der Waals surface area contributed by atoms with Crippen molar-refractivity contribution in [2.75, 3.05) is 34.3 Å². The Morgan fingerprint density at radius 2 is 1.79 bits per heavy atom. The van der Waals surface area contributed by atoms with Gasteiger partial charge in [-0.3, -0.25) is 9.59 Å². The predicted octanol–water partition coefficient (Wildman–Crippen LogP) is 4.50. The Kier molecular flexibility index (Phi) is 7.59. The molecular weight excluding hydrogens is 416 g/mol. The summed E-state index contributed by atoms with van der Waals surface area (Å²) in [6.45, 7) is 7.33. The number of likely N-dealkylation sites (tertiary alicyclic amines) is 1. The number of amides is 1. The minimum absolute atomic E-state index is 0.131. The third-order valence-electron chi connectivity index (χ3n) is 6.13. The van der Waals surface area contributed by atoms with Gasteiger partial charge in [0, 0.05) is 12.1 Å². The molecule has 1 fully saturated rings. The van der Waals surface area contributed by atoms with Crippen LogP contribution in [-0.4, -0.2) is 60.9 Å². The summed E-state index contributed by atoms with van der Waals surface area (Å²) in [5, 5.41) is 11.2. The average molecular weight is 451 g/mol. The lowest BCUT2D eigenvalue weighted by atomic mass is 9.93. The molecule has 176 valence electrons. The average Bonchev–Trinajstić information content (AvgIpc) is 3.03. The number of Topliss-reactive ketones (excluding diaryl/α,β-unsaturated/α-hetero) is 1. The van der Waals surface area contributed by atoms with Gasteiger partial charge in [-0.25, -0.2) is 0 Å². The molecule has 33 heavy (non-hydrogen) atoms. The van der Waals surface area contributed by atoms with Crippen molar-refractivity contribution in [1.82, 2.24) is 9.80 Å². The molecule has 0 saturated carbocycles. The van der Waals surface area contributed by atoms with Crippen molar-refractivity contribution in [1.29, 1.82) is 0 Å². The number of ketones is 1. The summed E-state index contributed by atoms with van der Waals surface area (Å²) in [4.78, 5) is 29.8. The van der Waals surface area contributed by atoms with Gasteiger partial charge in [0.25, 0.3) is 11.7 Å². The van der Waals surface area contributed by atoms with E-state index in [0.29, 0.717) is 23.8 Å². The molecule has 2 aromatic carbocycles. The molecule has 3 rings (SSSR count). The number of carbonyl (C=O) groups excluding carboxylic acids is 2. The topological polar surface area (TPSA) is 70.1 Å². The summed E-state index contributed by atoms with van der Waals surface area (Å²) >= 11 is 0. The van der Waals surface area contributed by atoms with Crippen LogP contribution in [0.4, 0.5) is 0 Å². The Morgan fingerprint density at radius 1 is 1.12 bits per heavy atom. The summed E-state index contributed by atoms with van der Waals surface area (Å²) in [5.74, 6) is -0.321. The predicted molar refractivity (Wildman–Crippen MR) is 130 cm³/mol. The fourth-order valence-corrected chi connectivity index (χ4v) is 4.26. The van der Waals surface area contributed by atoms with Gasteiger partial charge in [0.15, 0.2) is 0 Å². The Balaban J connectivity index is 2.10. The highest BCUT2D eigenvalue weighted by molar-refractivity contribution is 6.46. The van der Waals surface area contributed by atoms with Crippen LogP contribution < -0.4 is 4.74 Å². The van der Waals surface area contributed by atoms with Crippen LogP contribution in [0.3, 0.4) is 0 Å². The zero-order valence-electron chi connectivity index (χ0n) is 20.4. The first-order valence-corrected chi connectivity index (χ1v) is 11.3. The highest BCUT2D eigenvalue weighted by atomic mass is 16.5. The molecule has 1 amide bonds. The third kappa shape index (κ3) is 5.11. The monoisotopic (exact) mass is 450 g/mol. The SMILES string of the molecule is COc1ccc(/C(O)=C2/C(=O)C(=O)N(CCCN(C)C)C2c2ccc(C(C)C)cc2)cc1C. The molecule has 0 radical (unpaired) electrons. The van der Waals surface area contributed by atoms with Gasteiger partial charge < -0.3 is 19.6 Å². The largest absolute Gasteiger partial charge is 0.507 e. The van der Waals surface area contributed by atoms with Crippen molar-refractivity contribution >= 4 is 17.4 Å². The van der Waals surface area contributed by atoms with E-state index in [9.17, 15) is 14.7 Å². The van der Waals surface area contributed by atoms with E-state index in [1.54, 1.807) is 30.2 Å². The van der Waals surface area contributed by atoms with Gasteiger partial charge in [-0.2, -0.15) is 0 Å². The first-order valence-electron chi connectivity index (χ1n) is 11.3. The smallest absolute Gasteiger partial charge is 0.295 e. The molecular formula is C27H34N2O4. The molecule has 1 saturated heterocycles. The molecule has 0 aromatic heterocycles. The zero-order chi connectivity index (χ0) is 24.3. The number of benzene rings is 2. The lowest BCUT2D eigenvalue weighted by Gasteiger charge is -2.26. The van der Waals surface area contributed by atoms with E-state index in [-0.39, 0.29) is 11.3 Å². The van der Waals surface area contributed by atoms with Crippen molar-refractivity contribution in [3.8, 4) is 5.75 Å². The molecule has 1 aliphatic rings. The van der Waals surface area contributed by atoms with Crippen LogP contribution in [0.1, 0.15) is 54.5 Å².